The maximum absolute atomic E-state index is 5.99. The van der Waals surface area contributed by atoms with E-state index in [1.165, 1.54) is 0 Å². The van der Waals surface area contributed by atoms with Gasteiger partial charge in [-0.15, -0.1) is 0 Å². The third-order valence-corrected chi connectivity index (χ3v) is 3.97. The molecule has 0 amide bonds. The standard InChI is InChI=1S/C14H24N4O/c1-5-11-16-12(15)10(2)13(17-11)18-8-6-7-14(3,9-18)19-4/h5-9H2,1-4H3,(H2,15,16,17). The number of piperidine rings is 1. The summed E-state index contributed by atoms with van der Waals surface area (Å²) in [6, 6.07) is 0. The molecule has 1 aromatic rings. The average molecular weight is 264 g/mol. The van der Waals surface area contributed by atoms with E-state index in [0.717, 1.165) is 49.6 Å². The molecule has 1 unspecified atom stereocenters. The van der Waals surface area contributed by atoms with Gasteiger partial charge in [-0.05, 0) is 26.7 Å². The first kappa shape index (κ1) is 14.1. The summed E-state index contributed by atoms with van der Waals surface area (Å²) in [5, 5.41) is 0. The van der Waals surface area contributed by atoms with Crippen molar-refractivity contribution in [2.45, 2.75) is 45.6 Å². The van der Waals surface area contributed by atoms with Crippen LogP contribution < -0.4 is 10.6 Å². The summed E-state index contributed by atoms with van der Waals surface area (Å²) < 4.78 is 5.64. The summed E-state index contributed by atoms with van der Waals surface area (Å²) in [4.78, 5) is 11.2. The number of nitrogen functional groups attached to an aromatic ring is 1. The van der Waals surface area contributed by atoms with Crippen molar-refractivity contribution in [2.24, 2.45) is 0 Å². The predicted molar refractivity (Wildman–Crippen MR) is 77.4 cm³/mol. The molecule has 0 aliphatic carbocycles. The highest BCUT2D eigenvalue weighted by atomic mass is 16.5. The van der Waals surface area contributed by atoms with E-state index in [2.05, 4.69) is 21.8 Å². The highest BCUT2D eigenvalue weighted by Crippen LogP contribution is 2.30. The molecule has 1 aliphatic heterocycles. The summed E-state index contributed by atoms with van der Waals surface area (Å²) in [6.07, 6.45) is 2.99. The first-order chi connectivity index (χ1) is 8.99. The zero-order chi connectivity index (χ0) is 14.0. The van der Waals surface area contributed by atoms with Crippen molar-refractivity contribution in [3.05, 3.63) is 11.4 Å². The molecule has 0 aromatic carbocycles. The van der Waals surface area contributed by atoms with Gasteiger partial charge in [0.25, 0.3) is 0 Å². The van der Waals surface area contributed by atoms with Crippen molar-refractivity contribution in [2.75, 3.05) is 30.8 Å². The Bertz CT molecular complexity index is 463. The van der Waals surface area contributed by atoms with Gasteiger partial charge in [0.1, 0.15) is 17.5 Å². The fourth-order valence-corrected chi connectivity index (χ4v) is 2.59. The molecule has 1 aliphatic rings. The van der Waals surface area contributed by atoms with Gasteiger partial charge in [-0.1, -0.05) is 6.92 Å². The normalized spacial score (nSPS) is 23.7. The third kappa shape index (κ3) is 2.81. The molecule has 5 heteroatoms. The first-order valence-corrected chi connectivity index (χ1v) is 6.92. The highest BCUT2D eigenvalue weighted by Gasteiger charge is 2.32. The molecule has 0 bridgehead atoms. The van der Waals surface area contributed by atoms with E-state index < -0.39 is 0 Å². The molecular weight excluding hydrogens is 240 g/mol. The van der Waals surface area contributed by atoms with Crippen molar-refractivity contribution >= 4 is 11.6 Å². The summed E-state index contributed by atoms with van der Waals surface area (Å²) in [5.74, 6) is 2.36. The monoisotopic (exact) mass is 264 g/mol. The Labute approximate surface area is 115 Å². The van der Waals surface area contributed by atoms with Crippen LogP contribution in [0, 0.1) is 6.92 Å². The van der Waals surface area contributed by atoms with Crippen molar-refractivity contribution in [1.82, 2.24) is 9.97 Å². The summed E-state index contributed by atoms with van der Waals surface area (Å²) in [7, 11) is 1.78. The Morgan fingerprint density at radius 2 is 2.16 bits per heavy atom. The Kier molecular flexibility index (Phi) is 3.94. The number of hydrogen-bond acceptors (Lipinski definition) is 5. The van der Waals surface area contributed by atoms with E-state index in [0.29, 0.717) is 5.82 Å². The van der Waals surface area contributed by atoms with Crippen LogP contribution >= 0.6 is 0 Å². The van der Waals surface area contributed by atoms with Gasteiger partial charge in [0.2, 0.25) is 0 Å². The molecule has 1 aromatic heterocycles. The molecule has 1 atom stereocenters. The Hall–Kier alpha value is -1.36. The summed E-state index contributed by atoms with van der Waals surface area (Å²) in [6.45, 7) is 8.04. The van der Waals surface area contributed by atoms with Gasteiger partial charge >= 0.3 is 0 Å². The fraction of sp³-hybridized carbons (Fsp3) is 0.714. The Morgan fingerprint density at radius 3 is 2.79 bits per heavy atom. The van der Waals surface area contributed by atoms with Crippen LogP contribution in [0.3, 0.4) is 0 Å². The van der Waals surface area contributed by atoms with E-state index in [1.807, 2.05) is 13.8 Å². The smallest absolute Gasteiger partial charge is 0.137 e. The third-order valence-electron chi connectivity index (χ3n) is 3.97. The molecular formula is C14H24N4O. The lowest BCUT2D eigenvalue weighted by Gasteiger charge is -2.40. The summed E-state index contributed by atoms with van der Waals surface area (Å²) in [5.41, 5.74) is 6.86. The van der Waals surface area contributed by atoms with Gasteiger partial charge in [0.05, 0.1) is 5.60 Å². The molecule has 2 N–H and O–H groups in total. The number of aryl methyl sites for hydroxylation is 1. The van der Waals surface area contributed by atoms with Crippen LogP contribution in [0.1, 0.15) is 38.1 Å². The van der Waals surface area contributed by atoms with Gasteiger partial charge in [-0.2, -0.15) is 0 Å². The average Bonchev–Trinajstić information content (AvgIpc) is 2.41. The van der Waals surface area contributed by atoms with Gasteiger partial charge in [0.15, 0.2) is 0 Å². The lowest BCUT2D eigenvalue weighted by Crippen LogP contribution is -2.48. The van der Waals surface area contributed by atoms with Crippen molar-refractivity contribution < 1.29 is 4.74 Å². The number of methoxy groups -OCH3 is 1. The van der Waals surface area contributed by atoms with E-state index in [1.54, 1.807) is 7.11 Å². The van der Waals surface area contributed by atoms with Gasteiger partial charge in [0, 0.05) is 32.2 Å². The second-order valence-electron chi connectivity index (χ2n) is 5.51. The van der Waals surface area contributed by atoms with Crippen molar-refractivity contribution in [3.8, 4) is 0 Å². The molecule has 1 saturated heterocycles. The van der Waals surface area contributed by atoms with E-state index in [-0.39, 0.29) is 5.60 Å². The van der Waals surface area contributed by atoms with Gasteiger partial charge in [-0.3, -0.25) is 0 Å². The van der Waals surface area contributed by atoms with Crippen LogP contribution in [0.4, 0.5) is 11.6 Å². The predicted octanol–water partition coefficient (Wildman–Crippen LogP) is 1.93. The molecule has 0 spiro atoms. The largest absolute Gasteiger partial charge is 0.383 e. The van der Waals surface area contributed by atoms with Crippen molar-refractivity contribution in [3.63, 3.8) is 0 Å². The summed E-state index contributed by atoms with van der Waals surface area (Å²) >= 11 is 0. The van der Waals surface area contributed by atoms with Crippen LogP contribution in [-0.4, -0.2) is 35.8 Å². The quantitative estimate of drug-likeness (QED) is 0.903. The number of aromatic nitrogens is 2. The Morgan fingerprint density at radius 1 is 1.42 bits per heavy atom. The molecule has 2 heterocycles. The second-order valence-corrected chi connectivity index (χ2v) is 5.51. The second kappa shape index (κ2) is 5.33. The molecule has 0 saturated carbocycles. The van der Waals surface area contributed by atoms with Crippen LogP contribution in [0.2, 0.25) is 0 Å². The minimum atomic E-state index is -0.100. The number of nitrogens with zero attached hydrogens (tertiary/aromatic N) is 3. The fourth-order valence-electron chi connectivity index (χ4n) is 2.59. The lowest BCUT2D eigenvalue weighted by atomic mass is 9.94. The lowest BCUT2D eigenvalue weighted by molar-refractivity contribution is -0.00484. The topological polar surface area (TPSA) is 64.3 Å². The first-order valence-electron chi connectivity index (χ1n) is 6.92. The van der Waals surface area contributed by atoms with Gasteiger partial charge in [-0.25, -0.2) is 9.97 Å². The number of anilines is 2. The molecule has 106 valence electrons. The zero-order valence-electron chi connectivity index (χ0n) is 12.4. The van der Waals surface area contributed by atoms with E-state index in [9.17, 15) is 0 Å². The number of hydrogen-bond donors (Lipinski definition) is 1. The van der Waals surface area contributed by atoms with E-state index in [4.69, 9.17) is 10.5 Å². The minimum absolute atomic E-state index is 0.100. The van der Waals surface area contributed by atoms with Crippen LogP contribution in [0.15, 0.2) is 0 Å². The molecule has 2 rings (SSSR count). The van der Waals surface area contributed by atoms with Crippen molar-refractivity contribution in [1.29, 1.82) is 0 Å². The number of nitrogens with two attached hydrogens (primary N) is 1. The SMILES string of the molecule is CCc1nc(N)c(C)c(N2CCCC(C)(OC)C2)n1. The molecule has 19 heavy (non-hydrogen) atoms. The molecule has 1 fully saturated rings. The van der Waals surface area contributed by atoms with Gasteiger partial charge < -0.3 is 15.4 Å². The molecule has 5 nitrogen and oxygen atoms in total. The van der Waals surface area contributed by atoms with E-state index >= 15 is 0 Å². The maximum atomic E-state index is 5.99. The maximum Gasteiger partial charge on any atom is 0.137 e. The number of rotatable bonds is 3. The highest BCUT2D eigenvalue weighted by molar-refractivity contribution is 5.57. The van der Waals surface area contributed by atoms with Crippen LogP contribution in [0.5, 0.6) is 0 Å². The minimum Gasteiger partial charge on any atom is -0.383 e. The zero-order valence-corrected chi connectivity index (χ0v) is 12.4. The Balaban J connectivity index is 2.33. The molecule has 0 radical (unpaired) electrons. The number of ether oxygens (including phenoxy) is 1. The van der Waals surface area contributed by atoms with Crippen LogP contribution in [0.25, 0.3) is 0 Å². The van der Waals surface area contributed by atoms with Crippen LogP contribution in [-0.2, 0) is 11.2 Å².